The Morgan fingerprint density at radius 1 is 1.22 bits per heavy atom. The van der Waals surface area contributed by atoms with Crippen LogP contribution in [0.2, 0.25) is 0 Å². The molecular formula is C13H20N4O. The van der Waals surface area contributed by atoms with Crippen molar-refractivity contribution in [1.29, 1.82) is 0 Å². The minimum Gasteiger partial charge on any atom is -0.337 e. The van der Waals surface area contributed by atoms with Gasteiger partial charge in [0, 0.05) is 12.1 Å². The summed E-state index contributed by atoms with van der Waals surface area (Å²) in [6, 6.07) is 2.14. The average molecular weight is 248 g/mol. The Bertz CT molecular complexity index is 501. The summed E-state index contributed by atoms with van der Waals surface area (Å²) in [5, 5.41) is 8.50. The molecule has 18 heavy (non-hydrogen) atoms. The van der Waals surface area contributed by atoms with E-state index in [4.69, 9.17) is 4.52 Å². The zero-order valence-electron chi connectivity index (χ0n) is 11.3. The molecule has 0 saturated heterocycles. The normalized spacial score (nSPS) is 11.1. The lowest BCUT2D eigenvalue weighted by molar-refractivity contribution is 0.359. The molecule has 0 fully saturated rings. The summed E-state index contributed by atoms with van der Waals surface area (Å²) < 4.78 is 7.20. The van der Waals surface area contributed by atoms with Crippen LogP contribution in [0.4, 0.5) is 0 Å². The van der Waals surface area contributed by atoms with Crippen molar-refractivity contribution in [3.05, 3.63) is 29.2 Å². The lowest BCUT2D eigenvalue weighted by atomic mass is 10.2. The molecule has 0 spiro atoms. The van der Waals surface area contributed by atoms with E-state index in [9.17, 15) is 0 Å². The van der Waals surface area contributed by atoms with Crippen molar-refractivity contribution in [2.45, 2.75) is 53.0 Å². The summed E-state index contributed by atoms with van der Waals surface area (Å²) in [6.07, 6.45) is 3.80. The Kier molecular flexibility index (Phi) is 4.12. The molecule has 0 bridgehead atoms. The second kappa shape index (κ2) is 5.80. The smallest absolute Gasteiger partial charge is 0.248 e. The van der Waals surface area contributed by atoms with Gasteiger partial charge in [0.25, 0.3) is 0 Å². The van der Waals surface area contributed by atoms with Crippen LogP contribution in [0.3, 0.4) is 0 Å². The summed E-state index contributed by atoms with van der Waals surface area (Å²) in [4.78, 5) is 4.37. The van der Waals surface area contributed by atoms with Gasteiger partial charge in [-0.2, -0.15) is 10.1 Å². The Balaban J connectivity index is 2.14. The van der Waals surface area contributed by atoms with E-state index in [0.717, 1.165) is 37.2 Å². The molecule has 2 rings (SSSR count). The highest BCUT2D eigenvalue weighted by molar-refractivity contribution is 5.11. The maximum Gasteiger partial charge on any atom is 0.248 e. The molecule has 0 amide bonds. The molecule has 0 N–H and O–H groups in total. The maximum atomic E-state index is 5.24. The molecule has 2 heterocycles. The van der Waals surface area contributed by atoms with Crippen LogP contribution in [0.15, 0.2) is 10.6 Å². The van der Waals surface area contributed by atoms with Crippen molar-refractivity contribution in [3.8, 4) is 0 Å². The van der Waals surface area contributed by atoms with Gasteiger partial charge in [0.15, 0.2) is 5.82 Å². The van der Waals surface area contributed by atoms with Crippen LogP contribution >= 0.6 is 0 Å². The van der Waals surface area contributed by atoms with Crippen LogP contribution in [0.1, 0.15) is 50.3 Å². The van der Waals surface area contributed by atoms with E-state index < -0.39 is 0 Å². The molecule has 5 heteroatoms. The molecule has 0 saturated carbocycles. The van der Waals surface area contributed by atoms with Gasteiger partial charge in [-0.05, 0) is 25.3 Å². The highest BCUT2D eigenvalue weighted by Gasteiger charge is 2.10. The van der Waals surface area contributed by atoms with Crippen LogP contribution < -0.4 is 0 Å². The van der Waals surface area contributed by atoms with Crippen LogP contribution in [-0.4, -0.2) is 19.9 Å². The predicted octanol–water partition coefficient (Wildman–Crippen LogP) is 2.39. The summed E-state index contributed by atoms with van der Waals surface area (Å²) in [5.74, 6) is 1.42. The van der Waals surface area contributed by atoms with E-state index in [1.165, 1.54) is 5.69 Å². The molecular weight excluding hydrogens is 228 g/mol. The molecule has 2 aromatic rings. The SMILES string of the molecule is CCCc1noc(Cn2nc(CC)cc2CC)n1. The first-order chi connectivity index (χ1) is 8.76. The minimum atomic E-state index is 0.569. The second-order valence-electron chi connectivity index (χ2n) is 4.35. The standard InChI is InChI=1S/C13H20N4O/c1-4-7-12-14-13(18-16-12)9-17-11(6-3)8-10(5-2)15-17/h8H,4-7,9H2,1-3H3. The van der Waals surface area contributed by atoms with E-state index >= 15 is 0 Å². The number of aromatic nitrogens is 4. The number of hydrogen-bond acceptors (Lipinski definition) is 4. The van der Waals surface area contributed by atoms with Gasteiger partial charge in [-0.3, -0.25) is 4.68 Å². The Labute approximate surface area is 107 Å². The number of hydrogen-bond donors (Lipinski definition) is 0. The van der Waals surface area contributed by atoms with E-state index in [2.05, 4.69) is 42.1 Å². The fraction of sp³-hybridized carbons (Fsp3) is 0.615. The number of rotatable bonds is 6. The van der Waals surface area contributed by atoms with Gasteiger partial charge < -0.3 is 4.52 Å². The van der Waals surface area contributed by atoms with Crippen molar-refractivity contribution >= 4 is 0 Å². The quantitative estimate of drug-likeness (QED) is 0.787. The predicted molar refractivity (Wildman–Crippen MR) is 68.4 cm³/mol. The Hall–Kier alpha value is -1.65. The van der Waals surface area contributed by atoms with Gasteiger partial charge in [0.05, 0.1) is 5.69 Å². The van der Waals surface area contributed by atoms with Gasteiger partial charge in [0.2, 0.25) is 5.89 Å². The van der Waals surface area contributed by atoms with Crippen molar-refractivity contribution in [3.63, 3.8) is 0 Å². The number of aryl methyl sites for hydroxylation is 3. The zero-order chi connectivity index (χ0) is 13.0. The van der Waals surface area contributed by atoms with Gasteiger partial charge in [0.1, 0.15) is 6.54 Å². The molecule has 0 atom stereocenters. The van der Waals surface area contributed by atoms with E-state index in [1.807, 2.05) is 4.68 Å². The van der Waals surface area contributed by atoms with E-state index in [1.54, 1.807) is 0 Å². The molecule has 98 valence electrons. The van der Waals surface area contributed by atoms with Crippen LogP contribution in [0.25, 0.3) is 0 Å². The fourth-order valence-corrected chi connectivity index (χ4v) is 1.92. The largest absolute Gasteiger partial charge is 0.337 e. The summed E-state index contributed by atoms with van der Waals surface area (Å²) in [6.45, 7) is 6.91. The van der Waals surface area contributed by atoms with Gasteiger partial charge >= 0.3 is 0 Å². The van der Waals surface area contributed by atoms with Crippen molar-refractivity contribution < 1.29 is 4.52 Å². The third-order valence-corrected chi connectivity index (χ3v) is 2.91. The monoisotopic (exact) mass is 248 g/mol. The first-order valence-corrected chi connectivity index (χ1v) is 6.63. The summed E-state index contributed by atoms with van der Waals surface area (Å²) >= 11 is 0. The zero-order valence-corrected chi connectivity index (χ0v) is 11.3. The minimum absolute atomic E-state index is 0.569. The lowest BCUT2D eigenvalue weighted by Crippen LogP contribution is -2.06. The first kappa shape index (κ1) is 12.8. The Morgan fingerprint density at radius 2 is 2.06 bits per heavy atom. The van der Waals surface area contributed by atoms with Gasteiger partial charge in [-0.1, -0.05) is 25.9 Å². The van der Waals surface area contributed by atoms with Crippen molar-refractivity contribution in [2.24, 2.45) is 0 Å². The summed E-state index contributed by atoms with van der Waals surface area (Å²) in [5.41, 5.74) is 2.32. The lowest BCUT2D eigenvalue weighted by Gasteiger charge is -2.01. The molecule has 0 radical (unpaired) electrons. The van der Waals surface area contributed by atoms with E-state index in [-0.39, 0.29) is 0 Å². The molecule has 0 aliphatic carbocycles. The second-order valence-corrected chi connectivity index (χ2v) is 4.35. The van der Waals surface area contributed by atoms with Crippen LogP contribution in [0.5, 0.6) is 0 Å². The Morgan fingerprint density at radius 3 is 2.72 bits per heavy atom. The topological polar surface area (TPSA) is 56.7 Å². The first-order valence-electron chi connectivity index (χ1n) is 6.63. The third-order valence-electron chi connectivity index (χ3n) is 2.91. The van der Waals surface area contributed by atoms with Crippen LogP contribution in [-0.2, 0) is 25.8 Å². The highest BCUT2D eigenvalue weighted by Crippen LogP contribution is 2.09. The van der Waals surface area contributed by atoms with Crippen LogP contribution in [0, 0.1) is 0 Å². The highest BCUT2D eigenvalue weighted by atomic mass is 16.5. The van der Waals surface area contributed by atoms with Crippen molar-refractivity contribution in [1.82, 2.24) is 19.9 Å². The molecule has 0 aliphatic rings. The fourth-order valence-electron chi connectivity index (χ4n) is 1.92. The number of nitrogens with zero attached hydrogens (tertiary/aromatic N) is 4. The average Bonchev–Trinajstić information content (AvgIpc) is 2.97. The summed E-state index contributed by atoms with van der Waals surface area (Å²) in [7, 11) is 0. The molecule has 2 aromatic heterocycles. The van der Waals surface area contributed by atoms with E-state index in [0.29, 0.717) is 12.4 Å². The van der Waals surface area contributed by atoms with Gasteiger partial charge in [-0.15, -0.1) is 0 Å². The molecule has 5 nitrogen and oxygen atoms in total. The van der Waals surface area contributed by atoms with Crippen molar-refractivity contribution in [2.75, 3.05) is 0 Å². The third kappa shape index (κ3) is 2.78. The molecule has 0 unspecified atom stereocenters. The maximum absolute atomic E-state index is 5.24. The molecule has 0 aliphatic heterocycles. The molecule has 0 aromatic carbocycles. The van der Waals surface area contributed by atoms with Gasteiger partial charge in [-0.25, -0.2) is 0 Å².